The van der Waals surface area contributed by atoms with Crippen LogP contribution in [0.3, 0.4) is 0 Å². The molecule has 0 aliphatic carbocycles. The van der Waals surface area contributed by atoms with E-state index in [4.69, 9.17) is 5.11 Å². The van der Waals surface area contributed by atoms with Crippen LogP contribution in [-0.2, 0) is 10.8 Å². The van der Waals surface area contributed by atoms with Gasteiger partial charge in [-0.25, -0.2) is 18.7 Å². The normalized spacial score (nSPS) is 13.7. The minimum atomic E-state index is -8.17. The highest BCUT2D eigenvalue weighted by molar-refractivity contribution is 6.00. The van der Waals surface area contributed by atoms with Crippen LogP contribution >= 0.6 is 0 Å². The van der Waals surface area contributed by atoms with E-state index in [1.165, 1.54) is 0 Å². The Morgan fingerprint density at radius 1 is 0.738 bits per heavy atom. The minimum absolute atomic E-state index is 0.0937. The fourth-order valence-electron chi connectivity index (χ4n) is 2.98. The number of carbonyl (C=O) groups is 1. The molecule has 0 aromatic heterocycles. The lowest BCUT2D eigenvalue weighted by Crippen LogP contribution is -2.69. The van der Waals surface area contributed by atoms with Crippen molar-refractivity contribution < 1.29 is 85.0 Å². The summed E-state index contributed by atoms with van der Waals surface area (Å²) in [5, 5.41) is 10.2. The number of aliphatic hydroxyl groups is 1. The number of aliphatic hydroxyl groups excluding tert-OH is 1. The Hall–Kier alpha value is -3.49. The molecule has 0 bridgehead atoms. The summed E-state index contributed by atoms with van der Waals surface area (Å²) in [4.78, 5) is 16.5. The zero-order chi connectivity index (χ0) is 32.7. The molecule has 0 fully saturated rings. The third-order valence-electron chi connectivity index (χ3n) is 5.22. The maximum absolute atomic E-state index is 14.5. The number of carbonyl (C=O) groups excluding carboxylic acids is 1. The van der Waals surface area contributed by atoms with E-state index in [0.717, 1.165) is 0 Å². The van der Waals surface area contributed by atoms with E-state index in [1.54, 1.807) is 10.8 Å². The van der Waals surface area contributed by atoms with Crippen LogP contribution in [0.15, 0.2) is 30.3 Å². The Morgan fingerprint density at radius 3 is 1.79 bits per heavy atom. The summed E-state index contributed by atoms with van der Waals surface area (Å²) < 4.78 is 216. The molecule has 2 aromatic carbocycles. The number of hydroxylamine groups is 1. The van der Waals surface area contributed by atoms with Crippen molar-refractivity contribution in [3.63, 3.8) is 0 Å². The van der Waals surface area contributed by atoms with E-state index in [-0.39, 0.29) is 6.07 Å². The van der Waals surface area contributed by atoms with Gasteiger partial charge in [-0.3, -0.25) is 9.63 Å². The van der Waals surface area contributed by atoms with Crippen molar-refractivity contribution in [2.24, 2.45) is 0 Å². The van der Waals surface area contributed by atoms with E-state index in [2.05, 4.69) is 4.84 Å². The van der Waals surface area contributed by atoms with Gasteiger partial charge in [0.05, 0.1) is 30.2 Å². The van der Waals surface area contributed by atoms with Gasteiger partial charge in [0.1, 0.15) is 5.82 Å². The first-order valence-electron chi connectivity index (χ1n) is 10.4. The summed E-state index contributed by atoms with van der Waals surface area (Å²) in [6.45, 7) is -1.16. The molecule has 42 heavy (non-hydrogen) atoms. The number of amides is 1. The topological polar surface area (TPSA) is 70.6 Å². The van der Waals surface area contributed by atoms with Crippen LogP contribution in [0.2, 0.25) is 0 Å². The summed E-state index contributed by atoms with van der Waals surface area (Å²) in [6.07, 6.45) is -7.61. The monoisotopic (exact) mass is 644 g/mol. The van der Waals surface area contributed by atoms with Crippen molar-refractivity contribution in [2.75, 3.05) is 18.5 Å². The fourth-order valence-corrected chi connectivity index (χ4v) is 2.98. The van der Waals surface area contributed by atoms with E-state index < -0.39 is 107 Å². The van der Waals surface area contributed by atoms with Crippen LogP contribution in [-0.4, -0.2) is 54.1 Å². The molecule has 0 spiro atoms. The molecular weight excluding hydrogens is 632 g/mol. The van der Waals surface area contributed by atoms with Crippen LogP contribution in [0, 0.1) is 17.5 Å². The van der Waals surface area contributed by atoms with Crippen molar-refractivity contribution in [2.45, 2.75) is 35.8 Å². The predicted molar refractivity (Wildman–Crippen MR) is 106 cm³/mol. The Morgan fingerprint density at radius 2 is 1.29 bits per heavy atom. The van der Waals surface area contributed by atoms with Crippen molar-refractivity contribution in [3.8, 4) is 0 Å². The van der Waals surface area contributed by atoms with Crippen molar-refractivity contribution in [1.29, 1.82) is 0 Å². The average molecular weight is 644 g/mol. The molecule has 0 aliphatic heterocycles. The van der Waals surface area contributed by atoms with Gasteiger partial charge in [0, 0.05) is 5.56 Å². The van der Waals surface area contributed by atoms with Gasteiger partial charge < -0.3 is 10.4 Å². The molecule has 236 valence electrons. The average Bonchev–Trinajstić information content (AvgIpc) is 2.86. The van der Waals surface area contributed by atoms with Crippen LogP contribution in [0.5, 0.6) is 0 Å². The first-order valence-corrected chi connectivity index (χ1v) is 10.4. The van der Waals surface area contributed by atoms with E-state index in [0.29, 0.717) is 12.1 Å². The lowest BCUT2D eigenvalue weighted by molar-refractivity contribution is -0.441. The van der Waals surface area contributed by atoms with Crippen LogP contribution in [0.25, 0.3) is 0 Å². The van der Waals surface area contributed by atoms with E-state index in [1.807, 2.05) is 0 Å². The number of alkyl halides is 13. The Kier molecular flexibility index (Phi) is 9.34. The third-order valence-corrected chi connectivity index (χ3v) is 5.22. The SMILES string of the molecule is O=C(NOCCO)c1ccc(F)c(F)c1Nc1ccc(C(F)(F)C(F)(F)C(F)(F)C(F)(F)C(F)(F)C(F)(F)F)cc1F. The zero-order valence-electron chi connectivity index (χ0n) is 19.6. The molecule has 0 atom stereocenters. The van der Waals surface area contributed by atoms with Gasteiger partial charge >= 0.3 is 35.8 Å². The summed E-state index contributed by atoms with van der Waals surface area (Å²) in [5.41, 5.74) is -4.53. The van der Waals surface area contributed by atoms with Gasteiger partial charge in [0.25, 0.3) is 5.91 Å². The van der Waals surface area contributed by atoms with Crippen molar-refractivity contribution in [3.05, 3.63) is 58.9 Å². The molecule has 2 rings (SSSR count). The van der Waals surface area contributed by atoms with E-state index in [9.17, 15) is 75.0 Å². The number of anilines is 2. The highest BCUT2D eigenvalue weighted by atomic mass is 19.4. The smallest absolute Gasteiger partial charge is 0.394 e. The second kappa shape index (κ2) is 11.3. The predicted octanol–water partition coefficient (Wildman–Crippen LogP) is 6.70. The maximum atomic E-state index is 14.5. The highest BCUT2D eigenvalue weighted by Crippen LogP contribution is 2.62. The van der Waals surface area contributed by atoms with Crippen LogP contribution in [0.4, 0.5) is 81.6 Å². The lowest BCUT2D eigenvalue weighted by atomic mass is 9.90. The molecule has 0 unspecified atom stereocenters. The molecule has 0 aliphatic rings. The molecule has 1 amide bonds. The van der Waals surface area contributed by atoms with Gasteiger partial charge in [-0.2, -0.15) is 57.1 Å². The first kappa shape index (κ1) is 34.7. The molecule has 5 nitrogen and oxygen atoms in total. The maximum Gasteiger partial charge on any atom is 0.460 e. The van der Waals surface area contributed by atoms with E-state index >= 15 is 0 Å². The number of hydrogen-bond donors (Lipinski definition) is 3. The number of rotatable bonds is 11. The summed E-state index contributed by atoms with van der Waals surface area (Å²) in [5.74, 6) is -46.1. The zero-order valence-corrected chi connectivity index (χ0v) is 19.6. The second-order valence-corrected chi connectivity index (χ2v) is 7.98. The van der Waals surface area contributed by atoms with Gasteiger partial charge in [-0.05, 0) is 24.3 Å². The van der Waals surface area contributed by atoms with Gasteiger partial charge in [-0.15, -0.1) is 0 Å². The van der Waals surface area contributed by atoms with Crippen LogP contribution < -0.4 is 10.8 Å². The van der Waals surface area contributed by atoms with Gasteiger partial charge in [-0.1, -0.05) is 6.07 Å². The van der Waals surface area contributed by atoms with Gasteiger partial charge in [0.2, 0.25) is 0 Å². The lowest BCUT2D eigenvalue weighted by Gasteiger charge is -2.39. The molecular formula is C21H12F16N2O3. The Bertz CT molecular complexity index is 1310. The highest BCUT2D eigenvalue weighted by Gasteiger charge is 2.90. The minimum Gasteiger partial charge on any atom is -0.394 e. The molecule has 0 heterocycles. The number of benzene rings is 2. The quantitative estimate of drug-likeness (QED) is 0.145. The molecule has 0 radical (unpaired) electrons. The Labute approximate surface area is 222 Å². The first-order chi connectivity index (χ1) is 18.9. The third kappa shape index (κ3) is 5.62. The number of nitrogens with one attached hydrogen (secondary N) is 2. The molecule has 3 N–H and O–H groups in total. The van der Waals surface area contributed by atoms with Crippen molar-refractivity contribution in [1.82, 2.24) is 5.48 Å². The van der Waals surface area contributed by atoms with Crippen molar-refractivity contribution >= 4 is 17.3 Å². The summed E-state index contributed by atoms with van der Waals surface area (Å²) in [6, 6.07) is -0.409. The molecule has 2 aromatic rings. The number of halogens is 16. The summed E-state index contributed by atoms with van der Waals surface area (Å²) >= 11 is 0. The standard InChI is InChI=1S/C21H12F16N2O3/c22-10-3-2-9(15(41)39-42-6-5-40)14(13(10)24)38-12-4-1-8(7-11(12)23)16(25,26)17(27,28)18(29,30)19(31,32)20(33,34)21(35,36)37/h1-4,7,38,40H,5-6H2,(H,39,41). The van der Waals surface area contributed by atoms with Gasteiger partial charge in [0.15, 0.2) is 11.6 Å². The largest absolute Gasteiger partial charge is 0.460 e. The Balaban J connectivity index is 2.54. The molecule has 0 saturated carbocycles. The molecule has 0 saturated heterocycles. The van der Waals surface area contributed by atoms with Crippen LogP contribution in [0.1, 0.15) is 15.9 Å². The summed E-state index contributed by atoms with van der Waals surface area (Å²) in [7, 11) is 0. The second-order valence-electron chi connectivity index (χ2n) is 7.98. The number of hydrogen-bond acceptors (Lipinski definition) is 4. The fraction of sp³-hybridized carbons (Fsp3) is 0.381. The molecule has 21 heteroatoms.